The quantitative estimate of drug-likeness (QED) is 0.903. The maximum Gasteiger partial charge on any atom is 0.0758 e. The standard InChI is InChI=1S/C17H29N3/c1-5-19-16(15-12-18-10-11-20-15)13-6-8-14(9-7-13)17(2,3)4/h10-14,16,19H,5-9H2,1-4H3. The van der Waals surface area contributed by atoms with Gasteiger partial charge in [-0.1, -0.05) is 27.7 Å². The molecular weight excluding hydrogens is 246 g/mol. The van der Waals surface area contributed by atoms with Crippen LogP contribution in [0.15, 0.2) is 18.6 Å². The first-order chi connectivity index (χ1) is 9.52. The molecule has 1 aromatic rings. The summed E-state index contributed by atoms with van der Waals surface area (Å²) in [7, 11) is 0. The molecule has 0 radical (unpaired) electrons. The Morgan fingerprint density at radius 3 is 2.40 bits per heavy atom. The molecule has 112 valence electrons. The van der Waals surface area contributed by atoms with Gasteiger partial charge < -0.3 is 5.32 Å². The van der Waals surface area contributed by atoms with E-state index >= 15 is 0 Å². The van der Waals surface area contributed by atoms with Gasteiger partial charge in [-0.2, -0.15) is 0 Å². The fourth-order valence-electron chi connectivity index (χ4n) is 3.52. The van der Waals surface area contributed by atoms with Gasteiger partial charge in [0.2, 0.25) is 0 Å². The smallest absolute Gasteiger partial charge is 0.0758 e. The Bertz CT molecular complexity index is 388. The lowest BCUT2D eigenvalue weighted by molar-refractivity contribution is 0.132. The second-order valence-corrected chi connectivity index (χ2v) is 7.14. The van der Waals surface area contributed by atoms with Crippen LogP contribution in [0.1, 0.15) is 65.1 Å². The molecule has 0 aromatic carbocycles. The van der Waals surface area contributed by atoms with Gasteiger partial charge in [0.15, 0.2) is 0 Å². The van der Waals surface area contributed by atoms with Crippen molar-refractivity contribution in [3.05, 3.63) is 24.3 Å². The van der Waals surface area contributed by atoms with E-state index in [2.05, 4.69) is 43.0 Å². The Balaban J connectivity index is 2.02. The molecule has 1 aliphatic rings. The number of aromatic nitrogens is 2. The Morgan fingerprint density at radius 2 is 1.90 bits per heavy atom. The molecule has 0 bridgehead atoms. The molecule has 1 aromatic heterocycles. The highest BCUT2D eigenvalue weighted by molar-refractivity contribution is 5.05. The molecule has 3 heteroatoms. The Labute approximate surface area is 123 Å². The molecule has 1 saturated carbocycles. The van der Waals surface area contributed by atoms with Crippen LogP contribution in [0, 0.1) is 17.3 Å². The lowest BCUT2D eigenvalue weighted by Gasteiger charge is -2.39. The van der Waals surface area contributed by atoms with Gasteiger partial charge >= 0.3 is 0 Å². The summed E-state index contributed by atoms with van der Waals surface area (Å²) in [5, 5.41) is 3.62. The third kappa shape index (κ3) is 3.78. The SMILES string of the molecule is CCNC(c1cnccn1)C1CCC(C(C)(C)C)CC1. The van der Waals surface area contributed by atoms with Crippen LogP contribution in [0.4, 0.5) is 0 Å². The van der Waals surface area contributed by atoms with E-state index in [-0.39, 0.29) is 0 Å². The molecule has 1 aliphatic carbocycles. The van der Waals surface area contributed by atoms with Crippen LogP contribution in [0.3, 0.4) is 0 Å². The summed E-state index contributed by atoms with van der Waals surface area (Å²) in [6, 6.07) is 0.370. The van der Waals surface area contributed by atoms with Crippen molar-refractivity contribution < 1.29 is 0 Å². The Kier molecular flexibility index (Phi) is 5.14. The summed E-state index contributed by atoms with van der Waals surface area (Å²) < 4.78 is 0. The third-order valence-corrected chi connectivity index (χ3v) is 4.79. The van der Waals surface area contributed by atoms with Gasteiger partial charge in [-0.15, -0.1) is 0 Å². The zero-order valence-corrected chi connectivity index (χ0v) is 13.4. The van der Waals surface area contributed by atoms with Gasteiger partial charge in [0.25, 0.3) is 0 Å². The first kappa shape index (κ1) is 15.4. The lowest BCUT2D eigenvalue weighted by Crippen LogP contribution is -2.34. The highest BCUT2D eigenvalue weighted by atomic mass is 15.0. The number of rotatable bonds is 4. The number of hydrogen-bond acceptors (Lipinski definition) is 3. The van der Waals surface area contributed by atoms with Crippen LogP contribution >= 0.6 is 0 Å². The van der Waals surface area contributed by atoms with Crippen molar-refractivity contribution in [2.24, 2.45) is 17.3 Å². The van der Waals surface area contributed by atoms with Gasteiger partial charge in [0.05, 0.1) is 11.7 Å². The van der Waals surface area contributed by atoms with Crippen LogP contribution in [0.5, 0.6) is 0 Å². The predicted octanol–water partition coefficient (Wildman–Crippen LogP) is 3.98. The predicted molar refractivity (Wildman–Crippen MR) is 83.4 cm³/mol. The molecule has 0 aliphatic heterocycles. The largest absolute Gasteiger partial charge is 0.309 e. The molecule has 1 unspecified atom stereocenters. The fourth-order valence-corrected chi connectivity index (χ4v) is 3.52. The molecule has 2 rings (SSSR count). The lowest BCUT2D eigenvalue weighted by atomic mass is 9.68. The van der Waals surface area contributed by atoms with Gasteiger partial charge in [-0.25, -0.2) is 0 Å². The summed E-state index contributed by atoms with van der Waals surface area (Å²) in [5.41, 5.74) is 1.55. The van der Waals surface area contributed by atoms with E-state index in [4.69, 9.17) is 0 Å². The van der Waals surface area contributed by atoms with E-state index in [1.165, 1.54) is 25.7 Å². The minimum absolute atomic E-state index is 0.370. The second kappa shape index (κ2) is 6.66. The molecular formula is C17H29N3. The topological polar surface area (TPSA) is 37.8 Å². The van der Waals surface area contributed by atoms with Crippen LogP contribution in [-0.4, -0.2) is 16.5 Å². The fraction of sp³-hybridized carbons (Fsp3) is 0.765. The molecule has 20 heavy (non-hydrogen) atoms. The van der Waals surface area contributed by atoms with E-state index < -0.39 is 0 Å². The highest BCUT2D eigenvalue weighted by Gasteiger charge is 2.33. The zero-order valence-electron chi connectivity index (χ0n) is 13.4. The van der Waals surface area contributed by atoms with Crippen molar-refractivity contribution in [2.45, 2.75) is 59.4 Å². The van der Waals surface area contributed by atoms with Crippen molar-refractivity contribution >= 4 is 0 Å². The molecule has 1 fully saturated rings. The summed E-state index contributed by atoms with van der Waals surface area (Å²) in [4.78, 5) is 8.75. The maximum atomic E-state index is 4.52. The number of hydrogen-bond donors (Lipinski definition) is 1. The van der Waals surface area contributed by atoms with E-state index in [9.17, 15) is 0 Å². The monoisotopic (exact) mass is 275 g/mol. The minimum Gasteiger partial charge on any atom is -0.309 e. The van der Waals surface area contributed by atoms with Gasteiger partial charge in [-0.3, -0.25) is 9.97 Å². The Hall–Kier alpha value is -0.960. The first-order valence-electron chi connectivity index (χ1n) is 8.01. The van der Waals surface area contributed by atoms with Gasteiger partial charge in [0.1, 0.15) is 0 Å². The van der Waals surface area contributed by atoms with E-state index in [0.717, 1.165) is 18.2 Å². The minimum atomic E-state index is 0.370. The van der Waals surface area contributed by atoms with Crippen molar-refractivity contribution in [3.8, 4) is 0 Å². The average Bonchev–Trinajstić information content (AvgIpc) is 2.45. The van der Waals surface area contributed by atoms with Crippen molar-refractivity contribution in [1.82, 2.24) is 15.3 Å². The summed E-state index contributed by atoms with van der Waals surface area (Å²) >= 11 is 0. The van der Waals surface area contributed by atoms with E-state index in [1.807, 2.05) is 6.20 Å². The van der Waals surface area contributed by atoms with Crippen LogP contribution in [-0.2, 0) is 0 Å². The average molecular weight is 275 g/mol. The molecule has 0 saturated heterocycles. The van der Waals surface area contributed by atoms with Crippen molar-refractivity contribution in [1.29, 1.82) is 0 Å². The van der Waals surface area contributed by atoms with Crippen molar-refractivity contribution in [3.63, 3.8) is 0 Å². The normalized spacial score (nSPS) is 25.4. The molecule has 1 heterocycles. The van der Waals surface area contributed by atoms with Crippen molar-refractivity contribution in [2.75, 3.05) is 6.54 Å². The third-order valence-electron chi connectivity index (χ3n) is 4.79. The second-order valence-electron chi connectivity index (χ2n) is 7.14. The maximum absolute atomic E-state index is 4.52. The molecule has 1 N–H and O–H groups in total. The van der Waals surface area contributed by atoms with Crippen LogP contribution < -0.4 is 5.32 Å². The molecule has 0 amide bonds. The summed E-state index contributed by atoms with van der Waals surface area (Å²) in [6.07, 6.45) is 10.8. The summed E-state index contributed by atoms with van der Waals surface area (Å²) in [6.45, 7) is 10.3. The first-order valence-corrected chi connectivity index (χ1v) is 8.01. The molecule has 3 nitrogen and oxygen atoms in total. The molecule has 0 spiro atoms. The molecule has 1 atom stereocenters. The van der Waals surface area contributed by atoms with Crippen LogP contribution in [0.2, 0.25) is 0 Å². The number of nitrogens with one attached hydrogen (secondary N) is 1. The summed E-state index contributed by atoms with van der Waals surface area (Å²) in [5.74, 6) is 1.56. The van der Waals surface area contributed by atoms with Gasteiger partial charge in [-0.05, 0) is 49.5 Å². The van der Waals surface area contributed by atoms with Gasteiger partial charge in [0, 0.05) is 18.6 Å². The van der Waals surface area contributed by atoms with E-state index in [1.54, 1.807) is 12.4 Å². The highest BCUT2D eigenvalue weighted by Crippen LogP contribution is 2.43. The van der Waals surface area contributed by atoms with E-state index in [0.29, 0.717) is 17.4 Å². The Morgan fingerprint density at radius 1 is 1.20 bits per heavy atom. The number of nitrogens with zero attached hydrogens (tertiary/aromatic N) is 2. The van der Waals surface area contributed by atoms with Crippen LogP contribution in [0.25, 0.3) is 0 Å². The zero-order chi connectivity index (χ0) is 14.6.